The summed E-state index contributed by atoms with van der Waals surface area (Å²) in [4.78, 5) is 25.7. The Balaban J connectivity index is 1.67. The lowest BCUT2D eigenvalue weighted by Gasteiger charge is -2.20. The molecule has 0 aromatic heterocycles. The molecule has 8 heteroatoms. The summed E-state index contributed by atoms with van der Waals surface area (Å²) in [5.74, 6) is -1.87. The molecule has 1 heterocycles. The first-order chi connectivity index (χ1) is 12.8. The topological polar surface area (TPSA) is 61.4 Å². The van der Waals surface area contributed by atoms with Crippen LogP contribution in [0, 0.1) is 11.6 Å². The van der Waals surface area contributed by atoms with Crippen LogP contribution in [-0.4, -0.2) is 24.4 Å². The van der Waals surface area contributed by atoms with Crippen molar-refractivity contribution >= 4 is 40.5 Å². The Kier molecular flexibility index (Phi) is 5.60. The molecule has 5 nitrogen and oxygen atoms in total. The average molecular weight is 394 g/mol. The van der Waals surface area contributed by atoms with Crippen LogP contribution in [0.2, 0.25) is 5.02 Å². The monoisotopic (exact) mass is 393 g/mol. The summed E-state index contributed by atoms with van der Waals surface area (Å²) in [5.41, 5.74) is 0.969. The number of amides is 2. The molecule has 0 bridgehead atoms. The fourth-order valence-corrected chi connectivity index (χ4v) is 3.15. The Morgan fingerprint density at radius 2 is 2.00 bits per heavy atom. The van der Waals surface area contributed by atoms with E-state index in [1.807, 2.05) is 0 Å². The zero-order valence-electron chi connectivity index (χ0n) is 14.6. The number of nitrogens with zero attached hydrogens (tertiary/aromatic N) is 1. The molecule has 0 saturated carbocycles. The predicted octanol–water partition coefficient (Wildman–Crippen LogP) is 4.18. The Bertz CT molecular complexity index is 891. The lowest BCUT2D eigenvalue weighted by atomic mass is 10.2. The maximum Gasteiger partial charge on any atom is 0.246 e. The number of benzene rings is 2. The first kappa shape index (κ1) is 19.1. The Morgan fingerprint density at radius 3 is 2.67 bits per heavy atom. The minimum atomic E-state index is -0.733. The van der Waals surface area contributed by atoms with Crippen LogP contribution < -0.4 is 15.5 Å². The van der Waals surface area contributed by atoms with E-state index in [-0.39, 0.29) is 11.6 Å². The van der Waals surface area contributed by atoms with E-state index in [0.717, 1.165) is 24.6 Å². The number of halogens is 3. The van der Waals surface area contributed by atoms with Gasteiger partial charge in [0.25, 0.3) is 0 Å². The molecular formula is C19H18ClF2N3O2. The lowest BCUT2D eigenvalue weighted by Crippen LogP contribution is -2.32. The van der Waals surface area contributed by atoms with E-state index in [1.165, 1.54) is 0 Å². The van der Waals surface area contributed by atoms with Crippen molar-refractivity contribution in [2.24, 2.45) is 0 Å². The highest BCUT2D eigenvalue weighted by Gasteiger charge is 2.24. The van der Waals surface area contributed by atoms with E-state index in [4.69, 9.17) is 11.6 Å². The lowest BCUT2D eigenvalue weighted by molar-refractivity contribution is -0.117. The molecule has 2 aromatic rings. The molecule has 1 saturated heterocycles. The van der Waals surface area contributed by atoms with Gasteiger partial charge in [-0.25, -0.2) is 8.78 Å². The van der Waals surface area contributed by atoms with Crippen molar-refractivity contribution in [3.8, 4) is 0 Å². The van der Waals surface area contributed by atoms with Crippen LogP contribution in [0.25, 0.3) is 0 Å². The summed E-state index contributed by atoms with van der Waals surface area (Å²) in [6, 6.07) is 7.14. The average Bonchev–Trinajstić information content (AvgIpc) is 3.04. The number of rotatable bonds is 5. The van der Waals surface area contributed by atoms with Gasteiger partial charge in [-0.15, -0.1) is 0 Å². The van der Waals surface area contributed by atoms with Crippen molar-refractivity contribution in [2.75, 3.05) is 22.1 Å². The van der Waals surface area contributed by atoms with Crippen molar-refractivity contribution in [2.45, 2.75) is 25.8 Å². The van der Waals surface area contributed by atoms with Crippen LogP contribution in [0.3, 0.4) is 0 Å². The summed E-state index contributed by atoms with van der Waals surface area (Å²) in [6.45, 7) is 2.21. The predicted molar refractivity (Wildman–Crippen MR) is 101 cm³/mol. The van der Waals surface area contributed by atoms with Gasteiger partial charge in [0.05, 0.1) is 16.4 Å². The van der Waals surface area contributed by atoms with Gasteiger partial charge in [0, 0.05) is 24.7 Å². The first-order valence-corrected chi connectivity index (χ1v) is 8.85. The third-order valence-corrected chi connectivity index (χ3v) is 4.58. The van der Waals surface area contributed by atoms with Crippen molar-refractivity contribution < 1.29 is 18.4 Å². The number of carbonyl (C=O) groups is 2. The largest absolute Gasteiger partial charge is 0.374 e. The van der Waals surface area contributed by atoms with E-state index < -0.39 is 23.6 Å². The molecule has 1 aliphatic heterocycles. The minimum Gasteiger partial charge on any atom is -0.374 e. The molecule has 1 aliphatic rings. The van der Waals surface area contributed by atoms with Crippen molar-refractivity contribution in [1.82, 2.24) is 0 Å². The maximum atomic E-state index is 13.6. The zero-order chi connectivity index (χ0) is 19.6. The molecule has 0 radical (unpaired) electrons. The van der Waals surface area contributed by atoms with Crippen molar-refractivity contribution in [3.63, 3.8) is 0 Å². The molecular weight excluding hydrogens is 376 g/mol. The Hall–Kier alpha value is -2.67. The Morgan fingerprint density at radius 1 is 1.22 bits per heavy atom. The number of hydrogen-bond donors (Lipinski definition) is 2. The standard InChI is InChI=1S/C19H18ClF2N3O2/c1-11(19(27)24-16-9-12(21)4-6-15(16)22)23-13-5-7-17(14(20)10-13)25-8-2-3-18(25)26/h4-7,9-11,23H,2-3,8H2,1H3,(H,24,27). The van der Waals surface area contributed by atoms with Crippen LogP contribution in [0.5, 0.6) is 0 Å². The van der Waals surface area contributed by atoms with E-state index in [0.29, 0.717) is 29.4 Å². The molecule has 1 unspecified atom stereocenters. The summed E-state index contributed by atoms with van der Waals surface area (Å²) >= 11 is 6.28. The highest BCUT2D eigenvalue weighted by Crippen LogP contribution is 2.32. The molecule has 2 amide bonds. The SMILES string of the molecule is CC(Nc1ccc(N2CCCC2=O)c(Cl)c1)C(=O)Nc1cc(F)ccc1F. The van der Waals surface area contributed by atoms with Crippen LogP contribution in [0.1, 0.15) is 19.8 Å². The number of carbonyl (C=O) groups excluding carboxylic acids is 2. The number of hydrogen-bond acceptors (Lipinski definition) is 3. The minimum absolute atomic E-state index is 0.0301. The van der Waals surface area contributed by atoms with Crippen molar-refractivity contribution in [3.05, 3.63) is 53.1 Å². The van der Waals surface area contributed by atoms with Crippen LogP contribution in [-0.2, 0) is 9.59 Å². The van der Waals surface area contributed by atoms with Gasteiger partial charge in [-0.3, -0.25) is 9.59 Å². The summed E-state index contributed by atoms with van der Waals surface area (Å²) in [7, 11) is 0. The molecule has 0 aliphatic carbocycles. The van der Waals surface area contributed by atoms with Gasteiger partial charge in [-0.1, -0.05) is 11.6 Å². The van der Waals surface area contributed by atoms with Gasteiger partial charge in [-0.2, -0.15) is 0 Å². The quantitative estimate of drug-likeness (QED) is 0.801. The van der Waals surface area contributed by atoms with Gasteiger partial charge < -0.3 is 15.5 Å². The second-order valence-electron chi connectivity index (χ2n) is 6.29. The molecule has 3 rings (SSSR count). The summed E-state index contributed by atoms with van der Waals surface area (Å²) in [6.07, 6.45) is 1.30. The molecule has 27 heavy (non-hydrogen) atoms. The molecule has 142 valence electrons. The molecule has 2 aromatic carbocycles. The molecule has 1 atom stereocenters. The van der Waals surface area contributed by atoms with Crippen LogP contribution >= 0.6 is 11.6 Å². The fourth-order valence-electron chi connectivity index (χ4n) is 2.87. The van der Waals surface area contributed by atoms with Crippen molar-refractivity contribution in [1.29, 1.82) is 0 Å². The van der Waals surface area contributed by atoms with Gasteiger partial charge in [0.1, 0.15) is 17.7 Å². The van der Waals surface area contributed by atoms with E-state index in [1.54, 1.807) is 30.0 Å². The van der Waals surface area contributed by atoms with E-state index >= 15 is 0 Å². The summed E-state index contributed by atoms with van der Waals surface area (Å²) in [5, 5.41) is 5.68. The Labute approximate surface area is 160 Å². The van der Waals surface area contributed by atoms with Crippen LogP contribution in [0.4, 0.5) is 25.8 Å². The molecule has 0 spiro atoms. The second-order valence-corrected chi connectivity index (χ2v) is 6.70. The second kappa shape index (κ2) is 7.92. The van der Waals surface area contributed by atoms with E-state index in [2.05, 4.69) is 10.6 Å². The first-order valence-electron chi connectivity index (χ1n) is 8.47. The summed E-state index contributed by atoms with van der Waals surface area (Å²) < 4.78 is 26.9. The van der Waals surface area contributed by atoms with Gasteiger partial charge in [-0.05, 0) is 43.7 Å². The smallest absolute Gasteiger partial charge is 0.246 e. The highest BCUT2D eigenvalue weighted by atomic mass is 35.5. The third-order valence-electron chi connectivity index (χ3n) is 4.27. The third kappa shape index (κ3) is 4.36. The maximum absolute atomic E-state index is 13.6. The fraction of sp³-hybridized carbons (Fsp3) is 0.263. The van der Waals surface area contributed by atoms with E-state index in [9.17, 15) is 18.4 Å². The number of nitrogens with one attached hydrogen (secondary N) is 2. The molecule has 2 N–H and O–H groups in total. The highest BCUT2D eigenvalue weighted by molar-refractivity contribution is 6.34. The van der Waals surface area contributed by atoms with Gasteiger partial charge in [0.2, 0.25) is 11.8 Å². The number of anilines is 3. The van der Waals surface area contributed by atoms with Gasteiger partial charge in [0.15, 0.2) is 0 Å². The van der Waals surface area contributed by atoms with Gasteiger partial charge >= 0.3 is 0 Å². The normalized spacial score (nSPS) is 15.0. The van der Waals surface area contributed by atoms with Crippen LogP contribution in [0.15, 0.2) is 36.4 Å². The zero-order valence-corrected chi connectivity index (χ0v) is 15.3. The molecule has 1 fully saturated rings.